The van der Waals surface area contributed by atoms with Crippen LogP contribution in [-0.4, -0.2) is 33.0 Å². The molecule has 0 bridgehead atoms. The lowest BCUT2D eigenvalue weighted by molar-refractivity contribution is 0.0505. The van der Waals surface area contributed by atoms with Gasteiger partial charge in [-0.3, -0.25) is 0 Å². The van der Waals surface area contributed by atoms with Crippen molar-refractivity contribution in [2.24, 2.45) is 0 Å². The second-order valence-corrected chi connectivity index (χ2v) is 6.45. The predicted molar refractivity (Wildman–Crippen MR) is 70.2 cm³/mol. The SMILES string of the molecule is Cc1cc(C(=O)OCCCS(C)(=O)=O)ccc1N. The van der Waals surface area contributed by atoms with Crippen LogP contribution in [0.4, 0.5) is 5.69 Å². The van der Waals surface area contributed by atoms with Crippen molar-refractivity contribution in [1.82, 2.24) is 0 Å². The molecule has 0 aliphatic rings. The second-order valence-electron chi connectivity index (χ2n) is 4.19. The Morgan fingerprint density at radius 3 is 2.61 bits per heavy atom. The first-order chi connectivity index (χ1) is 8.29. The normalized spacial score (nSPS) is 11.2. The number of carbonyl (C=O) groups excluding carboxylic acids is 1. The number of nitrogen functional groups attached to an aromatic ring is 1. The smallest absolute Gasteiger partial charge is 0.338 e. The van der Waals surface area contributed by atoms with Gasteiger partial charge in [0.25, 0.3) is 0 Å². The first-order valence-electron chi connectivity index (χ1n) is 5.50. The van der Waals surface area contributed by atoms with Crippen LogP contribution < -0.4 is 5.73 Å². The van der Waals surface area contributed by atoms with Crippen molar-refractivity contribution in [2.45, 2.75) is 13.3 Å². The Morgan fingerprint density at radius 1 is 1.39 bits per heavy atom. The number of nitrogens with two attached hydrogens (primary N) is 1. The van der Waals surface area contributed by atoms with Crippen molar-refractivity contribution in [3.8, 4) is 0 Å². The van der Waals surface area contributed by atoms with Crippen LogP contribution in [0.2, 0.25) is 0 Å². The Bertz CT molecular complexity index is 537. The predicted octanol–water partition coefficient (Wildman–Crippen LogP) is 1.17. The average Bonchev–Trinajstić information content (AvgIpc) is 2.26. The van der Waals surface area contributed by atoms with Gasteiger partial charge in [-0.2, -0.15) is 0 Å². The number of aryl methyl sites for hydroxylation is 1. The molecule has 0 amide bonds. The van der Waals surface area contributed by atoms with Crippen molar-refractivity contribution >= 4 is 21.5 Å². The summed E-state index contributed by atoms with van der Waals surface area (Å²) in [6.45, 7) is 1.89. The number of rotatable bonds is 5. The molecule has 5 nitrogen and oxygen atoms in total. The molecule has 2 N–H and O–H groups in total. The highest BCUT2D eigenvalue weighted by atomic mass is 32.2. The summed E-state index contributed by atoms with van der Waals surface area (Å²) < 4.78 is 26.7. The van der Waals surface area contributed by atoms with E-state index >= 15 is 0 Å². The number of hydrogen-bond acceptors (Lipinski definition) is 5. The zero-order valence-corrected chi connectivity index (χ0v) is 11.3. The number of esters is 1. The van der Waals surface area contributed by atoms with E-state index < -0.39 is 15.8 Å². The summed E-state index contributed by atoms with van der Waals surface area (Å²) in [6, 6.07) is 4.87. The molecule has 1 aromatic carbocycles. The standard InChI is InChI=1S/C12H17NO4S/c1-9-8-10(4-5-11(9)13)12(14)17-6-3-7-18(2,15)16/h4-5,8H,3,6-7,13H2,1-2H3. The maximum Gasteiger partial charge on any atom is 0.338 e. The van der Waals surface area contributed by atoms with Gasteiger partial charge in [0.1, 0.15) is 9.84 Å². The summed E-state index contributed by atoms with van der Waals surface area (Å²) in [7, 11) is -3.01. The van der Waals surface area contributed by atoms with E-state index in [1.165, 1.54) is 0 Å². The summed E-state index contributed by atoms with van der Waals surface area (Å²) in [5.41, 5.74) is 7.48. The van der Waals surface area contributed by atoms with Crippen LogP contribution in [0.5, 0.6) is 0 Å². The van der Waals surface area contributed by atoms with Crippen LogP contribution in [-0.2, 0) is 14.6 Å². The molecule has 0 spiro atoms. The molecule has 0 aromatic heterocycles. The van der Waals surface area contributed by atoms with Gasteiger partial charge in [0.2, 0.25) is 0 Å². The molecular formula is C12H17NO4S. The van der Waals surface area contributed by atoms with E-state index in [1.54, 1.807) is 25.1 Å². The third-order valence-corrected chi connectivity index (χ3v) is 3.43. The van der Waals surface area contributed by atoms with Crippen LogP contribution >= 0.6 is 0 Å². The zero-order chi connectivity index (χ0) is 13.8. The highest BCUT2D eigenvalue weighted by Crippen LogP contribution is 2.13. The van der Waals surface area contributed by atoms with Gasteiger partial charge in [-0.15, -0.1) is 0 Å². The van der Waals surface area contributed by atoms with E-state index in [2.05, 4.69) is 0 Å². The highest BCUT2D eigenvalue weighted by molar-refractivity contribution is 7.90. The molecule has 6 heteroatoms. The van der Waals surface area contributed by atoms with E-state index in [1.807, 2.05) is 0 Å². The fourth-order valence-electron chi connectivity index (χ4n) is 1.37. The zero-order valence-electron chi connectivity index (χ0n) is 10.5. The molecule has 0 saturated carbocycles. The van der Waals surface area contributed by atoms with E-state index in [0.29, 0.717) is 17.7 Å². The van der Waals surface area contributed by atoms with Crippen molar-refractivity contribution in [2.75, 3.05) is 24.3 Å². The molecule has 0 unspecified atom stereocenters. The minimum absolute atomic E-state index is 0.0149. The first kappa shape index (κ1) is 14.5. The van der Waals surface area contributed by atoms with E-state index in [9.17, 15) is 13.2 Å². The summed E-state index contributed by atoms with van der Waals surface area (Å²) in [4.78, 5) is 11.6. The minimum Gasteiger partial charge on any atom is -0.462 e. The topological polar surface area (TPSA) is 86.5 Å². The van der Waals surface area contributed by atoms with Gasteiger partial charge in [0, 0.05) is 11.9 Å². The van der Waals surface area contributed by atoms with Gasteiger partial charge >= 0.3 is 5.97 Å². The summed E-state index contributed by atoms with van der Waals surface area (Å²) in [6.07, 6.45) is 1.46. The molecule has 0 aliphatic heterocycles. The van der Waals surface area contributed by atoms with Gasteiger partial charge in [0.15, 0.2) is 0 Å². The van der Waals surface area contributed by atoms with Crippen LogP contribution in [0.3, 0.4) is 0 Å². The first-order valence-corrected chi connectivity index (χ1v) is 7.56. The quantitative estimate of drug-likeness (QED) is 0.493. The Hall–Kier alpha value is -1.56. The van der Waals surface area contributed by atoms with Gasteiger partial charge in [-0.25, -0.2) is 13.2 Å². The van der Waals surface area contributed by atoms with Gasteiger partial charge in [0.05, 0.1) is 17.9 Å². The Kier molecular flexibility index (Phi) is 4.72. The van der Waals surface area contributed by atoms with Crippen molar-refractivity contribution in [3.05, 3.63) is 29.3 Å². The number of ether oxygens (including phenoxy) is 1. The fraction of sp³-hybridized carbons (Fsp3) is 0.417. The molecule has 100 valence electrons. The molecule has 0 atom stereocenters. The van der Waals surface area contributed by atoms with Gasteiger partial charge in [-0.1, -0.05) is 0 Å². The van der Waals surface area contributed by atoms with Crippen LogP contribution in [0, 0.1) is 6.92 Å². The molecule has 0 fully saturated rings. The lowest BCUT2D eigenvalue weighted by atomic mass is 10.1. The Balaban J connectivity index is 2.48. The molecule has 1 aromatic rings. The number of sulfone groups is 1. The van der Waals surface area contributed by atoms with E-state index in [4.69, 9.17) is 10.5 Å². The highest BCUT2D eigenvalue weighted by Gasteiger charge is 2.09. The second kappa shape index (κ2) is 5.86. The maximum absolute atomic E-state index is 11.6. The van der Waals surface area contributed by atoms with Crippen molar-refractivity contribution in [3.63, 3.8) is 0 Å². The number of anilines is 1. The molecular weight excluding hydrogens is 254 g/mol. The summed E-state index contributed by atoms with van der Waals surface area (Å²) in [5, 5.41) is 0. The van der Waals surface area contributed by atoms with E-state index in [-0.39, 0.29) is 12.4 Å². The third-order valence-electron chi connectivity index (χ3n) is 2.40. The number of carbonyl (C=O) groups is 1. The van der Waals surface area contributed by atoms with E-state index in [0.717, 1.165) is 11.8 Å². The monoisotopic (exact) mass is 271 g/mol. The Labute approximate surface area is 107 Å². The molecule has 0 radical (unpaired) electrons. The lowest BCUT2D eigenvalue weighted by Gasteiger charge is -2.06. The minimum atomic E-state index is -3.01. The molecule has 0 saturated heterocycles. The third kappa shape index (κ3) is 4.75. The molecule has 1 rings (SSSR count). The van der Waals surface area contributed by atoms with Gasteiger partial charge in [-0.05, 0) is 37.1 Å². The maximum atomic E-state index is 11.6. The summed E-state index contributed by atoms with van der Waals surface area (Å²) >= 11 is 0. The van der Waals surface area contributed by atoms with Crippen molar-refractivity contribution in [1.29, 1.82) is 0 Å². The average molecular weight is 271 g/mol. The largest absolute Gasteiger partial charge is 0.462 e. The van der Waals surface area contributed by atoms with Crippen LogP contribution in [0.25, 0.3) is 0 Å². The fourth-order valence-corrected chi connectivity index (χ4v) is 2.01. The molecule has 18 heavy (non-hydrogen) atoms. The number of benzene rings is 1. The number of hydrogen-bond donors (Lipinski definition) is 1. The van der Waals surface area contributed by atoms with Crippen molar-refractivity contribution < 1.29 is 17.9 Å². The lowest BCUT2D eigenvalue weighted by Crippen LogP contribution is -2.11. The molecule has 0 heterocycles. The van der Waals surface area contributed by atoms with Crippen LogP contribution in [0.1, 0.15) is 22.3 Å². The summed E-state index contributed by atoms with van der Waals surface area (Å²) in [5.74, 6) is -0.451. The Morgan fingerprint density at radius 2 is 2.06 bits per heavy atom. The van der Waals surface area contributed by atoms with Crippen LogP contribution in [0.15, 0.2) is 18.2 Å². The molecule has 0 aliphatic carbocycles. The van der Waals surface area contributed by atoms with Gasteiger partial charge < -0.3 is 10.5 Å².